The van der Waals surface area contributed by atoms with Gasteiger partial charge in [-0.2, -0.15) is 0 Å². The molecule has 0 spiro atoms. The number of Topliss-reactive ketones (excluding diaryl/α,β-unsaturated/α-hetero) is 1. The predicted octanol–water partition coefficient (Wildman–Crippen LogP) is 4.20. The van der Waals surface area contributed by atoms with Crippen LogP contribution in [0.2, 0.25) is 0 Å². The maximum Gasteiger partial charge on any atom is 0.161 e. The zero-order valence-electron chi connectivity index (χ0n) is 13.4. The normalized spacial score (nSPS) is 13.4. The predicted molar refractivity (Wildman–Crippen MR) is 93.4 cm³/mol. The maximum absolute atomic E-state index is 11.9. The summed E-state index contributed by atoms with van der Waals surface area (Å²) in [6.07, 6.45) is 1.90. The number of hydrogen-bond acceptors (Lipinski definition) is 3. The first kappa shape index (κ1) is 15.1. The van der Waals surface area contributed by atoms with Gasteiger partial charge in [-0.05, 0) is 36.3 Å². The number of methoxy groups -OCH3 is 1. The number of ether oxygens (including phenoxy) is 1. The van der Waals surface area contributed by atoms with E-state index >= 15 is 0 Å². The Balaban J connectivity index is 1.98. The number of allylic oxidation sites excluding steroid dienone is 2. The van der Waals surface area contributed by atoms with Crippen LogP contribution in [0.1, 0.15) is 18.1 Å². The monoisotopic (exact) mass is 305 g/mol. The van der Waals surface area contributed by atoms with Crippen molar-refractivity contribution < 1.29 is 9.53 Å². The smallest absolute Gasteiger partial charge is 0.161 e. The first-order valence-corrected chi connectivity index (χ1v) is 7.51. The standard InChI is InChI=1S/C20H19NO2/c1-14-18-6-4-5-7-20(18)21(13-19(14)15(2)22)12-16-8-10-17(23-3)11-9-16/h4-11,13H,1,12H2,2-3H3. The van der Waals surface area contributed by atoms with Gasteiger partial charge in [-0.3, -0.25) is 4.79 Å². The third-order valence-electron chi connectivity index (χ3n) is 4.04. The molecule has 0 saturated carbocycles. The van der Waals surface area contributed by atoms with Gasteiger partial charge in [0.05, 0.1) is 7.11 Å². The fourth-order valence-electron chi connectivity index (χ4n) is 2.79. The SMILES string of the molecule is C=C1C(C(C)=O)=CN(Cc2ccc(OC)cc2)c2ccccc21. The highest BCUT2D eigenvalue weighted by Crippen LogP contribution is 2.37. The second kappa shape index (κ2) is 6.13. The zero-order chi connectivity index (χ0) is 16.4. The number of rotatable bonds is 4. The summed E-state index contributed by atoms with van der Waals surface area (Å²) in [5, 5.41) is 0. The molecule has 1 aliphatic rings. The van der Waals surface area contributed by atoms with Crippen LogP contribution in [0.5, 0.6) is 5.75 Å². The van der Waals surface area contributed by atoms with E-state index in [1.165, 1.54) is 0 Å². The minimum Gasteiger partial charge on any atom is -0.497 e. The number of benzene rings is 2. The van der Waals surface area contributed by atoms with Gasteiger partial charge in [-0.1, -0.05) is 36.9 Å². The minimum atomic E-state index is 0.0317. The molecule has 3 heteroatoms. The first-order valence-electron chi connectivity index (χ1n) is 7.51. The Morgan fingerprint density at radius 2 is 1.83 bits per heavy atom. The van der Waals surface area contributed by atoms with Gasteiger partial charge in [-0.15, -0.1) is 0 Å². The molecule has 0 aliphatic carbocycles. The molecule has 0 atom stereocenters. The van der Waals surface area contributed by atoms with E-state index in [-0.39, 0.29) is 5.78 Å². The van der Waals surface area contributed by atoms with Crippen LogP contribution in [-0.4, -0.2) is 12.9 Å². The Hall–Kier alpha value is -2.81. The number of carbonyl (C=O) groups excluding carboxylic acids is 1. The van der Waals surface area contributed by atoms with Gasteiger partial charge in [-0.25, -0.2) is 0 Å². The summed E-state index contributed by atoms with van der Waals surface area (Å²) in [5.74, 6) is 0.866. The summed E-state index contributed by atoms with van der Waals surface area (Å²) >= 11 is 0. The Morgan fingerprint density at radius 3 is 2.48 bits per heavy atom. The topological polar surface area (TPSA) is 29.5 Å². The molecule has 0 bridgehead atoms. The van der Waals surface area contributed by atoms with E-state index in [4.69, 9.17) is 4.74 Å². The molecule has 0 saturated heterocycles. The van der Waals surface area contributed by atoms with Crippen LogP contribution >= 0.6 is 0 Å². The number of ketones is 1. The maximum atomic E-state index is 11.9. The van der Waals surface area contributed by atoms with Crippen molar-refractivity contribution in [2.45, 2.75) is 13.5 Å². The molecule has 2 aromatic rings. The molecule has 0 N–H and O–H groups in total. The second-order valence-corrected chi connectivity index (χ2v) is 5.57. The van der Waals surface area contributed by atoms with Crippen molar-refractivity contribution in [1.29, 1.82) is 0 Å². The molecule has 0 fully saturated rings. The highest BCUT2D eigenvalue weighted by atomic mass is 16.5. The molecule has 1 heterocycles. The number of para-hydroxylation sites is 1. The van der Waals surface area contributed by atoms with E-state index in [2.05, 4.69) is 17.5 Å². The average Bonchev–Trinajstić information content (AvgIpc) is 2.58. The van der Waals surface area contributed by atoms with Gasteiger partial charge in [0.2, 0.25) is 0 Å². The minimum absolute atomic E-state index is 0.0317. The lowest BCUT2D eigenvalue weighted by atomic mass is 9.92. The summed E-state index contributed by atoms with van der Waals surface area (Å²) in [5.41, 5.74) is 4.68. The van der Waals surface area contributed by atoms with E-state index in [9.17, 15) is 4.79 Å². The van der Waals surface area contributed by atoms with Crippen molar-refractivity contribution in [1.82, 2.24) is 0 Å². The lowest BCUT2D eigenvalue weighted by molar-refractivity contribution is -0.113. The van der Waals surface area contributed by atoms with Crippen LogP contribution in [0.25, 0.3) is 5.57 Å². The molecule has 3 rings (SSSR count). The van der Waals surface area contributed by atoms with Gasteiger partial charge < -0.3 is 9.64 Å². The Bertz CT molecular complexity index is 788. The molecule has 23 heavy (non-hydrogen) atoms. The van der Waals surface area contributed by atoms with E-state index in [0.29, 0.717) is 12.1 Å². The van der Waals surface area contributed by atoms with E-state index in [1.807, 2.05) is 48.7 Å². The fraction of sp³-hybridized carbons (Fsp3) is 0.150. The van der Waals surface area contributed by atoms with Crippen molar-refractivity contribution in [3.63, 3.8) is 0 Å². The molecule has 0 radical (unpaired) electrons. The fourth-order valence-corrected chi connectivity index (χ4v) is 2.79. The van der Waals surface area contributed by atoms with Crippen LogP contribution in [0.15, 0.2) is 66.9 Å². The van der Waals surface area contributed by atoms with Crippen LogP contribution in [0.3, 0.4) is 0 Å². The number of nitrogens with zero attached hydrogens (tertiary/aromatic N) is 1. The van der Waals surface area contributed by atoms with Gasteiger partial charge in [0.15, 0.2) is 5.78 Å². The van der Waals surface area contributed by atoms with Crippen LogP contribution in [0.4, 0.5) is 5.69 Å². The highest BCUT2D eigenvalue weighted by molar-refractivity contribution is 6.11. The Labute approximate surface area is 136 Å². The molecule has 1 aliphatic heterocycles. The summed E-state index contributed by atoms with van der Waals surface area (Å²) in [7, 11) is 1.66. The second-order valence-electron chi connectivity index (χ2n) is 5.57. The number of hydrogen-bond donors (Lipinski definition) is 0. The molecule has 0 amide bonds. The zero-order valence-corrected chi connectivity index (χ0v) is 13.4. The average molecular weight is 305 g/mol. The highest BCUT2D eigenvalue weighted by Gasteiger charge is 2.22. The molecule has 0 aromatic heterocycles. The van der Waals surface area contributed by atoms with Crippen molar-refractivity contribution in [2.24, 2.45) is 0 Å². The molecular formula is C20H19NO2. The number of carbonyl (C=O) groups is 1. The van der Waals surface area contributed by atoms with Crippen LogP contribution in [-0.2, 0) is 11.3 Å². The van der Waals surface area contributed by atoms with Gasteiger partial charge >= 0.3 is 0 Å². The number of anilines is 1. The Kier molecular flexibility index (Phi) is 4.02. The van der Waals surface area contributed by atoms with E-state index in [1.54, 1.807) is 14.0 Å². The largest absolute Gasteiger partial charge is 0.497 e. The molecule has 2 aromatic carbocycles. The third-order valence-corrected chi connectivity index (χ3v) is 4.04. The van der Waals surface area contributed by atoms with Crippen molar-refractivity contribution >= 4 is 17.0 Å². The lowest BCUT2D eigenvalue weighted by Crippen LogP contribution is -2.23. The summed E-state index contributed by atoms with van der Waals surface area (Å²) in [6.45, 7) is 6.36. The molecule has 116 valence electrons. The van der Waals surface area contributed by atoms with E-state index < -0.39 is 0 Å². The quantitative estimate of drug-likeness (QED) is 0.848. The first-order chi connectivity index (χ1) is 11.1. The molecule has 3 nitrogen and oxygen atoms in total. The molecule has 0 unspecified atom stereocenters. The van der Waals surface area contributed by atoms with Crippen molar-refractivity contribution in [3.05, 3.63) is 78.0 Å². The van der Waals surface area contributed by atoms with Gasteiger partial charge in [0.1, 0.15) is 5.75 Å². The van der Waals surface area contributed by atoms with Gasteiger partial charge in [0, 0.05) is 29.6 Å². The summed E-state index contributed by atoms with van der Waals surface area (Å²) < 4.78 is 5.20. The van der Waals surface area contributed by atoms with Crippen molar-refractivity contribution in [3.8, 4) is 5.75 Å². The van der Waals surface area contributed by atoms with Crippen molar-refractivity contribution in [2.75, 3.05) is 12.0 Å². The molecular weight excluding hydrogens is 286 g/mol. The van der Waals surface area contributed by atoms with Crippen LogP contribution < -0.4 is 9.64 Å². The summed E-state index contributed by atoms with van der Waals surface area (Å²) in [6, 6.07) is 16.0. The lowest BCUT2D eigenvalue weighted by Gasteiger charge is -2.30. The third kappa shape index (κ3) is 2.90. The van der Waals surface area contributed by atoms with E-state index in [0.717, 1.165) is 28.1 Å². The number of fused-ring (bicyclic) bond motifs is 1. The Morgan fingerprint density at radius 1 is 1.13 bits per heavy atom. The van der Waals surface area contributed by atoms with Crippen LogP contribution in [0, 0.1) is 0 Å². The summed E-state index contributed by atoms with van der Waals surface area (Å²) in [4.78, 5) is 14.0. The van der Waals surface area contributed by atoms with Gasteiger partial charge in [0.25, 0.3) is 0 Å².